The van der Waals surface area contributed by atoms with Crippen LogP contribution >= 0.6 is 0 Å². The van der Waals surface area contributed by atoms with Gasteiger partial charge in [-0.2, -0.15) is 0 Å². The molecule has 5 rings (SSSR count). The molecule has 8 nitrogen and oxygen atoms in total. The van der Waals surface area contributed by atoms with Crippen molar-refractivity contribution in [1.29, 1.82) is 0 Å². The van der Waals surface area contributed by atoms with Crippen molar-refractivity contribution in [2.45, 2.75) is 96.4 Å². The Morgan fingerprint density at radius 2 is 1.84 bits per heavy atom. The molecule has 2 N–H and O–H groups in total. The quantitative estimate of drug-likeness (QED) is 0.528. The minimum atomic E-state index is -0.764. The summed E-state index contributed by atoms with van der Waals surface area (Å²) < 4.78 is 12.5. The maximum Gasteiger partial charge on any atom is 0.495 e. The number of nitrogens with zero attached hydrogens (tertiary/aromatic N) is 2. The standard InChI is InChI=1S/C29H38BN3O5/c1-18-22(30-37-28(2,3)29(4,5)38-30)9-8-10-23(18)32-26(34)24-15-21(19-12-13-19)20(16-31-24)17-33-14-7-6-11-25(33)27(35)36/h8-10,15-16,19,25H,6-7,11-14,17H2,1-5H3,(H,32,34)(H,35,36)/t25-/m0/s1. The highest BCUT2D eigenvalue weighted by atomic mass is 16.7. The number of benzene rings is 1. The molecule has 1 aromatic heterocycles. The second-order valence-corrected chi connectivity index (χ2v) is 11.9. The summed E-state index contributed by atoms with van der Waals surface area (Å²) >= 11 is 0. The van der Waals surface area contributed by atoms with Gasteiger partial charge >= 0.3 is 13.1 Å². The average molecular weight is 519 g/mol. The summed E-state index contributed by atoms with van der Waals surface area (Å²) in [4.78, 5) is 31.6. The van der Waals surface area contributed by atoms with E-state index in [-0.39, 0.29) is 5.91 Å². The van der Waals surface area contributed by atoms with Gasteiger partial charge in [-0.15, -0.1) is 0 Å². The number of likely N-dealkylation sites (tertiary alicyclic amines) is 1. The van der Waals surface area contributed by atoms with Crippen molar-refractivity contribution >= 4 is 30.1 Å². The summed E-state index contributed by atoms with van der Waals surface area (Å²) in [6.07, 6.45) is 6.54. The molecule has 202 valence electrons. The fraction of sp³-hybridized carbons (Fsp3) is 0.552. The fourth-order valence-corrected chi connectivity index (χ4v) is 5.41. The van der Waals surface area contributed by atoms with Gasteiger partial charge in [0.2, 0.25) is 0 Å². The molecule has 1 aliphatic carbocycles. The number of piperidine rings is 1. The Balaban J connectivity index is 1.34. The van der Waals surface area contributed by atoms with Gasteiger partial charge < -0.3 is 19.7 Å². The van der Waals surface area contributed by atoms with Gasteiger partial charge in [-0.1, -0.05) is 18.6 Å². The van der Waals surface area contributed by atoms with Crippen molar-refractivity contribution in [2.24, 2.45) is 0 Å². The summed E-state index contributed by atoms with van der Waals surface area (Å²) in [6, 6.07) is 7.18. The molecule has 2 aromatic rings. The number of rotatable bonds is 7. The number of aromatic nitrogens is 1. The van der Waals surface area contributed by atoms with Gasteiger partial charge in [-0.05, 0) is 107 Å². The van der Waals surface area contributed by atoms with E-state index in [9.17, 15) is 14.7 Å². The van der Waals surface area contributed by atoms with Crippen LogP contribution in [0.3, 0.4) is 0 Å². The molecule has 2 aliphatic heterocycles. The molecule has 1 amide bonds. The van der Waals surface area contributed by atoms with Crippen molar-refractivity contribution in [1.82, 2.24) is 9.88 Å². The third kappa shape index (κ3) is 5.24. The average Bonchev–Trinajstić information content (AvgIpc) is 3.67. The van der Waals surface area contributed by atoms with Crippen LogP contribution < -0.4 is 10.8 Å². The number of carboxylic acid groups (broad SMARTS) is 1. The highest BCUT2D eigenvalue weighted by molar-refractivity contribution is 6.62. The maximum absolute atomic E-state index is 13.3. The van der Waals surface area contributed by atoms with Crippen LogP contribution in [0.25, 0.3) is 0 Å². The van der Waals surface area contributed by atoms with E-state index in [1.165, 1.54) is 0 Å². The zero-order chi connectivity index (χ0) is 27.2. The van der Waals surface area contributed by atoms with Crippen LogP contribution in [0.2, 0.25) is 0 Å². The molecule has 38 heavy (non-hydrogen) atoms. The third-order valence-electron chi connectivity index (χ3n) is 8.68. The van der Waals surface area contributed by atoms with Crippen molar-refractivity contribution in [3.8, 4) is 0 Å². The molecule has 0 bridgehead atoms. The monoisotopic (exact) mass is 519 g/mol. The van der Waals surface area contributed by atoms with E-state index in [2.05, 4.69) is 10.3 Å². The number of hydrogen-bond acceptors (Lipinski definition) is 6. The number of carbonyl (C=O) groups excluding carboxylic acids is 1. The highest BCUT2D eigenvalue weighted by Crippen LogP contribution is 2.42. The van der Waals surface area contributed by atoms with E-state index in [0.29, 0.717) is 30.3 Å². The Bertz CT molecular complexity index is 1230. The smallest absolute Gasteiger partial charge is 0.480 e. The number of aliphatic carboxylic acids is 1. The lowest BCUT2D eigenvalue weighted by Crippen LogP contribution is -2.44. The Morgan fingerprint density at radius 1 is 1.13 bits per heavy atom. The van der Waals surface area contributed by atoms with E-state index in [0.717, 1.165) is 54.4 Å². The molecule has 1 saturated carbocycles. The van der Waals surface area contributed by atoms with E-state index < -0.39 is 30.3 Å². The molecule has 0 unspecified atom stereocenters. The number of anilines is 1. The normalized spacial score (nSPS) is 22.9. The fourth-order valence-electron chi connectivity index (χ4n) is 5.41. The first-order chi connectivity index (χ1) is 18.0. The molecular weight excluding hydrogens is 481 g/mol. The number of amides is 1. The molecule has 2 saturated heterocycles. The van der Waals surface area contributed by atoms with Crippen LogP contribution in [0.1, 0.15) is 92.9 Å². The number of carboxylic acids is 1. The van der Waals surface area contributed by atoms with Gasteiger partial charge in [0.1, 0.15) is 11.7 Å². The third-order valence-corrected chi connectivity index (χ3v) is 8.68. The van der Waals surface area contributed by atoms with Gasteiger partial charge in [0.15, 0.2) is 0 Å². The SMILES string of the molecule is Cc1c(NC(=O)c2cc(C3CC3)c(CN3CCCC[C@H]3C(=O)O)cn2)cccc1B1OC(C)(C)C(C)(C)O1. The van der Waals surface area contributed by atoms with E-state index in [4.69, 9.17) is 9.31 Å². The Labute approximate surface area is 225 Å². The van der Waals surface area contributed by atoms with Crippen LogP contribution in [-0.4, -0.2) is 57.8 Å². The van der Waals surface area contributed by atoms with E-state index >= 15 is 0 Å². The van der Waals surface area contributed by atoms with Crippen LogP contribution in [0.5, 0.6) is 0 Å². The first kappa shape index (κ1) is 26.8. The second-order valence-electron chi connectivity index (χ2n) is 11.9. The van der Waals surface area contributed by atoms with Crippen LogP contribution in [-0.2, 0) is 20.6 Å². The first-order valence-corrected chi connectivity index (χ1v) is 13.7. The van der Waals surface area contributed by atoms with E-state index in [1.807, 2.05) is 63.8 Å². The molecule has 3 heterocycles. The Morgan fingerprint density at radius 3 is 2.50 bits per heavy atom. The second kappa shape index (κ2) is 10.1. The molecule has 3 aliphatic rings. The number of nitrogens with one attached hydrogen (secondary N) is 1. The topological polar surface area (TPSA) is 101 Å². The summed E-state index contributed by atoms with van der Waals surface area (Å²) in [6.45, 7) is 11.4. The lowest BCUT2D eigenvalue weighted by Gasteiger charge is -2.33. The number of pyridine rings is 1. The molecule has 0 radical (unpaired) electrons. The highest BCUT2D eigenvalue weighted by Gasteiger charge is 2.52. The predicted octanol–water partition coefficient (Wildman–Crippen LogP) is 4.26. The molecule has 0 spiro atoms. The first-order valence-electron chi connectivity index (χ1n) is 13.7. The Hall–Kier alpha value is -2.75. The van der Waals surface area contributed by atoms with Crippen molar-refractivity contribution in [3.05, 3.63) is 52.8 Å². The summed E-state index contributed by atoms with van der Waals surface area (Å²) in [5, 5.41) is 12.7. The largest absolute Gasteiger partial charge is 0.495 e. The summed E-state index contributed by atoms with van der Waals surface area (Å²) in [5.41, 5.74) is 4.07. The summed E-state index contributed by atoms with van der Waals surface area (Å²) in [5.74, 6) is -0.630. The minimum absolute atomic E-state index is 0.269. The van der Waals surface area contributed by atoms with E-state index in [1.54, 1.807) is 6.20 Å². The number of carbonyl (C=O) groups is 2. The van der Waals surface area contributed by atoms with Gasteiger partial charge in [0, 0.05) is 18.4 Å². The number of hydrogen-bond donors (Lipinski definition) is 2. The summed E-state index contributed by atoms with van der Waals surface area (Å²) in [7, 11) is -0.514. The van der Waals surface area contributed by atoms with Crippen LogP contribution in [0.4, 0.5) is 5.69 Å². The van der Waals surface area contributed by atoms with Crippen molar-refractivity contribution in [2.75, 3.05) is 11.9 Å². The predicted molar refractivity (Wildman–Crippen MR) is 147 cm³/mol. The van der Waals surface area contributed by atoms with Crippen molar-refractivity contribution < 1.29 is 24.0 Å². The van der Waals surface area contributed by atoms with Crippen LogP contribution in [0, 0.1) is 6.92 Å². The zero-order valence-electron chi connectivity index (χ0n) is 23.0. The molecular formula is C29H38BN3O5. The van der Waals surface area contributed by atoms with Gasteiger partial charge in [-0.3, -0.25) is 19.5 Å². The van der Waals surface area contributed by atoms with Gasteiger partial charge in [-0.25, -0.2) is 0 Å². The van der Waals surface area contributed by atoms with Crippen molar-refractivity contribution in [3.63, 3.8) is 0 Å². The van der Waals surface area contributed by atoms with Gasteiger partial charge in [0.25, 0.3) is 5.91 Å². The molecule has 1 aromatic carbocycles. The maximum atomic E-state index is 13.3. The Kier molecular flexibility index (Phi) is 7.13. The van der Waals surface area contributed by atoms with Gasteiger partial charge in [0.05, 0.1) is 11.2 Å². The molecule has 1 atom stereocenters. The minimum Gasteiger partial charge on any atom is -0.480 e. The molecule has 9 heteroatoms. The lowest BCUT2D eigenvalue weighted by atomic mass is 9.76. The van der Waals surface area contributed by atoms with Crippen LogP contribution in [0.15, 0.2) is 30.5 Å². The molecule has 3 fully saturated rings. The zero-order valence-corrected chi connectivity index (χ0v) is 23.0. The lowest BCUT2D eigenvalue weighted by molar-refractivity contribution is -0.144.